The summed E-state index contributed by atoms with van der Waals surface area (Å²) < 4.78 is 7.63. The van der Waals surface area contributed by atoms with Crippen molar-refractivity contribution in [2.24, 2.45) is 11.8 Å². The Morgan fingerprint density at radius 2 is 1.69 bits per heavy atom. The molecule has 5 heteroatoms. The number of aromatic nitrogens is 3. The first-order chi connectivity index (χ1) is 15.6. The van der Waals surface area contributed by atoms with Crippen LogP contribution in [0.3, 0.4) is 0 Å². The summed E-state index contributed by atoms with van der Waals surface area (Å²) in [5.41, 5.74) is 4.38. The molecule has 2 aliphatic rings. The van der Waals surface area contributed by atoms with E-state index in [0.29, 0.717) is 12.5 Å². The zero-order valence-electron chi connectivity index (χ0n) is 20.3. The maximum Gasteiger partial charge on any atom is 0.223 e. The summed E-state index contributed by atoms with van der Waals surface area (Å²) in [7, 11) is 1.85. The van der Waals surface area contributed by atoms with Gasteiger partial charge in [-0.1, -0.05) is 65.9 Å². The van der Waals surface area contributed by atoms with Gasteiger partial charge in [-0.05, 0) is 53.3 Å². The van der Waals surface area contributed by atoms with Crippen molar-refractivity contribution in [2.45, 2.75) is 66.4 Å². The molecule has 5 rings (SSSR count). The summed E-state index contributed by atoms with van der Waals surface area (Å²) in [6.07, 6.45) is 11.1. The molecule has 1 N–H and O–H groups in total. The Kier molecular flexibility index (Phi) is 8.72. The molecule has 1 saturated carbocycles. The molecule has 3 heterocycles. The van der Waals surface area contributed by atoms with E-state index < -0.39 is 0 Å². The van der Waals surface area contributed by atoms with Gasteiger partial charge in [-0.3, -0.25) is 0 Å². The van der Waals surface area contributed by atoms with Gasteiger partial charge in [-0.25, -0.2) is 4.68 Å². The average molecular weight is 435 g/mol. The predicted molar refractivity (Wildman–Crippen MR) is 133 cm³/mol. The van der Waals surface area contributed by atoms with Gasteiger partial charge in [-0.15, -0.1) is 0 Å². The highest BCUT2D eigenvalue weighted by Gasteiger charge is 2.19. The van der Waals surface area contributed by atoms with E-state index in [0.717, 1.165) is 34.5 Å². The molecule has 1 fully saturated rings. The van der Waals surface area contributed by atoms with Crippen LogP contribution in [0.1, 0.15) is 65.4 Å². The van der Waals surface area contributed by atoms with Gasteiger partial charge in [0.1, 0.15) is 12.4 Å². The summed E-state index contributed by atoms with van der Waals surface area (Å²) in [6.45, 7) is 9.30. The van der Waals surface area contributed by atoms with Crippen molar-refractivity contribution in [1.82, 2.24) is 14.8 Å². The molecule has 172 valence electrons. The zero-order chi connectivity index (χ0) is 22.9. The molecule has 3 aromatic rings. The van der Waals surface area contributed by atoms with Crippen LogP contribution in [0.5, 0.6) is 5.88 Å². The molecule has 2 atom stereocenters. The normalized spacial score (nSPS) is 18.9. The van der Waals surface area contributed by atoms with Gasteiger partial charge >= 0.3 is 0 Å². The highest BCUT2D eigenvalue weighted by Crippen LogP contribution is 2.37. The highest BCUT2D eigenvalue weighted by atomic mass is 16.5. The number of nitrogens with one attached hydrogen (secondary N) is 1. The lowest BCUT2D eigenvalue weighted by Gasteiger charge is -2.21. The number of rotatable bonds is 2. The SMILES string of the molecule is CC.CC1CCCC(C)CC1.CNc1ccc2c(n1)OCc1cc(-n3cccn3)ccc1-2. The van der Waals surface area contributed by atoms with Crippen LogP contribution in [0.4, 0.5) is 5.82 Å². The molecule has 0 bridgehead atoms. The van der Waals surface area contributed by atoms with Crippen molar-refractivity contribution >= 4 is 5.82 Å². The first-order valence-corrected chi connectivity index (χ1v) is 12.1. The monoisotopic (exact) mass is 434 g/mol. The lowest BCUT2D eigenvalue weighted by molar-refractivity contribution is 0.290. The summed E-state index contributed by atoms with van der Waals surface area (Å²) >= 11 is 0. The van der Waals surface area contributed by atoms with E-state index in [2.05, 4.69) is 47.4 Å². The number of hydrogen-bond acceptors (Lipinski definition) is 4. The summed E-state index contributed by atoms with van der Waals surface area (Å²) in [4.78, 5) is 4.45. The Balaban J connectivity index is 0.000000222. The second-order valence-corrected chi connectivity index (χ2v) is 8.60. The Morgan fingerprint density at radius 1 is 0.969 bits per heavy atom. The van der Waals surface area contributed by atoms with Crippen LogP contribution in [0.25, 0.3) is 16.8 Å². The number of pyridine rings is 1. The fraction of sp³-hybridized carbons (Fsp3) is 0.481. The second kappa shape index (κ2) is 11.7. The third kappa shape index (κ3) is 5.90. The summed E-state index contributed by atoms with van der Waals surface area (Å²) in [5, 5.41) is 7.28. The minimum Gasteiger partial charge on any atom is -0.472 e. The van der Waals surface area contributed by atoms with E-state index in [1.165, 1.54) is 37.7 Å². The van der Waals surface area contributed by atoms with Crippen LogP contribution in [-0.4, -0.2) is 21.8 Å². The van der Waals surface area contributed by atoms with Gasteiger partial charge in [-0.2, -0.15) is 10.1 Å². The van der Waals surface area contributed by atoms with Gasteiger partial charge in [0, 0.05) is 25.0 Å². The number of ether oxygens (including phenoxy) is 1. The minimum atomic E-state index is 0.525. The molecule has 1 aliphatic heterocycles. The number of anilines is 1. The first kappa shape index (κ1) is 23.8. The Labute approximate surface area is 193 Å². The van der Waals surface area contributed by atoms with Crippen molar-refractivity contribution in [3.05, 3.63) is 54.4 Å². The van der Waals surface area contributed by atoms with Gasteiger partial charge in [0.25, 0.3) is 0 Å². The van der Waals surface area contributed by atoms with E-state index in [1.807, 2.05) is 50.0 Å². The quantitative estimate of drug-likeness (QED) is 0.436. The molecule has 0 radical (unpaired) electrons. The molecule has 5 nitrogen and oxygen atoms in total. The van der Waals surface area contributed by atoms with E-state index >= 15 is 0 Å². The lowest BCUT2D eigenvalue weighted by atomic mass is 9.98. The van der Waals surface area contributed by atoms with Crippen LogP contribution in [0.15, 0.2) is 48.8 Å². The molecule has 0 saturated heterocycles. The molecule has 2 aromatic heterocycles. The fourth-order valence-electron chi connectivity index (χ4n) is 4.24. The van der Waals surface area contributed by atoms with Gasteiger partial charge in [0.2, 0.25) is 5.88 Å². The van der Waals surface area contributed by atoms with Crippen LogP contribution >= 0.6 is 0 Å². The first-order valence-electron chi connectivity index (χ1n) is 12.1. The lowest BCUT2D eigenvalue weighted by Crippen LogP contribution is -2.09. The third-order valence-corrected chi connectivity index (χ3v) is 6.17. The van der Waals surface area contributed by atoms with Crippen LogP contribution in [0, 0.1) is 11.8 Å². The number of fused-ring (bicyclic) bond motifs is 3. The smallest absolute Gasteiger partial charge is 0.223 e. The van der Waals surface area contributed by atoms with Crippen molar-refractivity contribution in [2.75, 3.05) is 12.4 Å². The molecular formula is C27H38N4O. The standard InChI is InChI=1S/C16H14N4O.C9H18.C2H6/c1-17-15-6-5-14-13-4-3-12(20-8-2-7-18-20)9-11(13)10-21-16(14)19-15;1-8-4-3-5-9(2)7-6-8;1-2/h2-9H,10H2,1H3,(H,17,19);8-9H,3-7H2,1-2H3;1-2H3. The van der Waals surface area contributed by atoms with Crippen LogP contribution in [0.2, 0.25) is 0 Å². The Hall–Kier alpha value is -2.82. The average Bonchev–Trinajstić information content (AvgIpc) is 3.32. The van der Waals surface area contributed by atoms with Gasteiger partial charge in [0.05, 0.1) is 5.69 Å². The second-order valence-electron chi connectivity index (χ2n) is 8.60. The Morgan fingerprint density at radius 3 is 2.34 bits per heavy atom. The van der Waals surface area contributed by atoms with Crippen molar-refractivity contribution < 1.29 is 4.74 Å². The number of hydrogen-bond donors (Lipinski definition) is 1. The number of nitrogens with zero attached hydrogens (tertiary/aromatic N) is 3. The zero-order valence-corrected chi connectivity index (χ0v) is 20.3. The molecular weight excluding hydrogens is 396 g/mol. The fourth-order valence-corrected chi connectivity index (χ4v) is 4.24. The van der Waals surface area contributed by atoms with Gasteiger partial charge < -0.3 is 10.1 Å². The number of benzene rings is 1. The molecule has 0 spiro atoms. The van der Waals surface area contributed by atoms with Crippen LogP contribution in [-0.2, 0) is 6.61 Å². The Bertz CT molecular complexity index is 958. The molecule has 2 unspecified atom stereocenters. The van der Waals surface area contributed by atoms with Crippen molar-refractivity contribution in [3.63, 3.8) is 0 Å². The maximum atomic E-state index is 5.78. The molecule has 1 aromatic carbocycles. The van der Waals surface area contributed by atoms with E-state index in [9.17, 15) is 0 Å². The molecule has 0 amide bonds. The highest BCUT2D eigenvalue weighted by molar-refractivity contribution is 5.75. The van der Waals surface area contributed by atoms with Crippen LogP contribution < -0.4 is 10.1 Å². The molecule has 1 aliphatic carbocycles. The topological polar surface area (TPSA) is 52.0 Å². The van der Waals surface area contributed by atoms with E-state index in [1.54, 1.807) is 6.20 Å². The summed E-state index contributed by atoms with van der Waals surface area (Å²) in [5.74, 6) is 3.51. The van der Waals surface area contributed by atoms with E-state index in [4.69, 9.17) is 4.74 Å². The summed E-state index contributed by atoms with van der Waals surface area (Å²) in [6, 6.07) is 12.2. The van der Waals surface area contributed by atoms with E-state index in [-0.39, 0.29) is 0 Å². The maximum absolute atomic E-state index is 5.78. The minimum absolute atomic E-state index is 0.525. The van der Waals surface area contributed by atoms with Gasteiger partial charge in [0.15, 0.2) is 0 Å². The van der Waals surface area contributed by atoms with Crippen molar-refractivity contribution in [3.8, 4) is 22.7 Å². The van der Waals surface area contributed by atoms with Crippen molar-refractivity contribution in [1.29, 1.82) is 0 Å². The molecule has 32 heavy (non-hydrogen) atoms. The predicted octanol–water partition coefficient (Wildman–Crippen LogP) is 7.12. The third-order valence-electron chi connectivity index (χ3n) is 6.17. The largest absolute Gasteiger partial charge is 0.472 e.